The Morgan fingerprint density at radius 2 is 1.80 bits per heavy atom. The number of aryl methyl sites for hydroxylation is 2. The number of phenols is 1. The van der Waals surface area contributed by atoms with Gasteiger partial charge in [-0.1, -0.05) is 0 Å². The number of H-pyrrole nitrogens is 1. The Kier molecular flexibility index (Phi) is 5.12. The van der Waals surface area contributed by atoms with Gasteiger partial charge >= 0.3 is 0 Å². The van der Waals surface area contributed by atoms with E-state index in [2.05, 4.69) is 11.9 Å². The smallest absolute Gasteiger partial charge is 0.292 e. The fourth-order valence-corrected chi connectivity index (χ4v) is 4.54. The summed E-state index contributed by atoms with van der Waals surface area (Å²) in [4.78, 5) is 3.46. The van der Waals surface area contributed by atoms with E-state index >= 15 is 0 Å². The highest BCUT2D eigenvalue weighted by molar-refractivity contribution is 6.16. The molecule has 7 nitrogen and oxygen atoms in total. The molecule has 158 valence electrons. The van der Waals surface area contributed by atoms with Crippen molar-refractivity contribution in [1.29, 1.82) is 0 Å². The second-order valence-corrected chi connectivity index (χ2v) is 7.80. The Morgan fingerprint density at radius 3 is 2.50 bits per heavy atom. The van der Waals surface area contributed by atoms with Crippen molar-refractivity contribution in [3.63, 3.8) is 0 Å². The molecule has 5 N–H and O–H groups in total. The van der Waals surface area contributed by atoms with Gasteiger partial charge in [-0.15, -0.1) is 0 Å². The van der Waals surface area contributed by atoms with E-state index in [1.54, 1.807) is 16.7 Å². The van der Waals surface area contributed by atoms with Gasteiger partial charge in [0, 0.05) is 27.7 Å². The number of halogens is 1. The van der Waals surface area contributed by atoms with E-state index in [0.717, 1.165) is 43.7 Å². The number of rotatable bonds is 2. The fourth-order valence-electron chi connectivity index (χ4n) is 4.54. The molecule has 0 unspecified atom stereocenters. The Morgan fingerprint density at radius 1 is 1.03 bits per heavy atom. The second kappa shape index (κ2) is 7.37. The van der Waals surface area contributed by atoms with Crippen LogP contribution in [-0.4, -0.2) is 50.3 Å². The van der Waals surface area contributed by atoms with Crippen molar-refractivity contribution < 1.29 is 42.1 Å². The molecule has 0 bridgehead atoms. The molecule has 0 radical (unpaired) electrons. The van der Waals surface area contributed by atoms with Crippen LogP contribution in [0.15, 0.2) is 36.7 Å². The molecule has 0 amide bonds. The maximum absolute atomic E-state index is 10.4. The van der Waals surface area contributed by atoms with Crippen LogP contribution < -0.4 is 17.0 Å². The predicted molar refractivity (Wildman–Crippen MR) is 108 cm³/mol. The average molecular weight is 431 g/mol. The van der Waals surface area contributed by atoms with Crippen molar-refractivity contribution in [2.45, 2.75) is 38.4 Å². The second-order valence-electron chi connectivity index (χ2n) is 7.80. The molecule has 1 fully saturated rings. The first kappa shape index (κ1) is 20.8. The number of aliphatic hydroxyl groups excluding tert-OH is 3. The first-order valence-corrected chi connectivity index (χ1v) is 9.61. The molecule has 5 rings (SSSR count). The Balaban J connectivity index is 0.00000218. The number of fused-ring (bicyclic) bond motifs is 4. The molecule has 0 aliphatic carbocycles. The summed E-state index contributed by atoms with van der Waals surface area (Å²) in [7, 11) is 0. The van der Waals surface area contributed by atoms with Gasteiger partial charge in [0.25, 0.3) is 6.23 Å². The summed E-state index contributed by atoms with van der Waals surface area (Å²) < 4.78 is 7.40. The zero-order valence-electron chi connectivity index (χ0n) is 16.5. The van der Waals surface area contributed by atoms with Crippen molar-refractivity contribution in [2.75, 3.05) is 6.61 Å². The SMILES string of the molecule is Cc1c2cc[n+]([C@@H]3O[C@H](CO)[C@H](O)[C@@H]3O)cc2c(C)c2c1[nH]c1ccc(O)cc12.[Cl-]. The van der Waals surface area contributed by atoms with Gasteiger partial charge in [0.2, 0.25) is 0 Å². The first-order valence-electron chi connectivity index (χ1n) is 9.61. The maximum atomic E-state index is 10.4. The number of aromatic nitrogens is 2. The van der Waals surface area contributed by atoms with Gasteiger partial charge in [0.15, 0.2) is 18.5 Å². The van der Waals surface area contributed by atoms with E-state index in [1.165, 1.54) is 0 Å². The minimum atomic E-state index is -1.14. The van der Waals surface area contributed by atoms with Crippen LogP contribution in [-0.2, 0) is 4.74 Å². The van der Waals surface area contributed by atoms with Crippen LogP contribution in [0.3, 0.4) is 0 Å². The Bertz CT molecular complexity index is 1270. The van der Waals surface area contributed by atoms with Crippen LogP contribution in [0.5, 0.6) is 5.75 Å². The normalized spacial score (nSPS) is 24.0. The third kappa shape index (κ3) is 2.85. The molecule has 2 aromatic carbocycles. The molecule has 1 saturated heterocycles. The number of hydrogen-bond donors (Lipinski definition) is 5. The summed E-state index contributed by atoms with van der Waals surface area (Å²) >= 11 is 0. The topological polar surface area (TPSA) is 110 Å². The zero-order chi connectivity index (χ0) is 20.4. The highest BCUT2D eigenvalue weighted by Crippen LogP contribution is 2.37. The van der Waals surface area contributed by atoms with E-state index in [9.17, 15) is 20.4 Å². The summed E-state index contributed by atoms with van der Waals surface area (Å²) in [5, 5.41) is 43.8. The van der Waals surface area contributed by atoms with Crippen LogP contribution in [0.1, 0.15) is 17.4 Å². The molecule has 30 heavy (non-hydrogen) atoms. The summed E-state index contributed by atoms with van der Waals surface area (Å²) in [6.45, 7) is 3.72. The molecule has 1 aliphatic rings. The largest absolute Gasteiger partial charge is 1.00 e. The standard InChI is InChI=1S/C22H22N2O5.ClH/c1-10-15-8-24(22-21(28)20(27)17(9-25)29-22)6-5-13(15)11(2)19-18(10)14-7-12(26)3-4-16(14)23-19;/h3-8,17,20-22,25-28H,9H2,1-2H3;1H/t17-,20+,21+,22-;/m1./s1. The number of phenolic OH excluding ortho intramolecular Hbond substituents is 1. The molecular formula is C22H23ClN2O5. The number of hydrogen-bond acceptors (Lipinski definition) is 5. The Hall–Kier alpha value is -2.42. The van der Waals surface area contributed by atoms with Gasteiger partial charge in [-0.2, -0.15) is 4.57 Å². The lowest BCUT2D eigenvalue weighted by atomic mass is 9.97. The molecule has 4 atom stereocenters. The van der Waals surface area contributed by atoms with Gasteiger partial charge in [-0.3, -0.25) is 0 Å². The lowest BCUT2D eigenvalue weighted by Crippen LogP contribution is -3.00. The van der Waals surface area contributed by atoms with Crippen molar-refractivity contribution in [3.8, 4) is 5.75 Å². The summed E-state index contributed by atoms with van der Waals surface area (Å²) in [6.07, 6.45) is -0.164. The lowest BCUT2D eigenvalue weighted by molar-refractivity contribution is -0.764. The molecule has 0 saturated carbocycles. The number of ether oxygens (including phenoxy) is 1. The average Bonchev–Trinajstić information content (AvgIpc) is 3.24. The zero-order valence-corrected chi connectivity index (χ0v) is 17.3. The summed E-state index contributed by atoms with van der Waals surface area (Å²) in [5.74, 6) is 0.213. The minimum Gasteiger partial charge on any atom is -1.00 e. The number of nitrogens with one attached hydrogen (secondary N) is 1. The molecule has 0 spiro atoms. The molecular weight excluding hydrogens is 408 g/mol. The predicted octanol–water partition coefficient (Wildman–Crippen LogP) is -1.30. The van der Waals surface area contributed by atoms with Gasteiger partial charge in [-0.05, 0) is 48.6 Å². The number of pyridine rings is 1. The van der Waals surface area contributed by atoms with Crippen LogP contribution in [0.4, 0.5) is 0 Å². The van der Waals surface area contributed by atoms with E-state index in [4.69, 9.17) is 4.74 Å². The third-order valence-electron chi connectivity index (χ3n) is 6.13. The van der Waals surface area contributed by atoms with Crippen molar-refractivity contribution in [2.24, 2.45) is 0 Å². The quantitative estimate of drug-likeness (QED) is 0.254. The van der Waals surface area contributed by atoms with E-state index < -0.39 is 24.5 Å². The number of aliphatic hydroxyl groups is 3. The third-order valence-corrected chi connectivity index (χ3v) is 6.13. The molecule has 2 aromatic heterocycles. The van der Waals surface area contributed by atoms with Crippen molar-refractivity contribution >= 4 is 32.6 Å². The summed E-state index contributed by atoms with van der Waals surface area (Å²) in [5.41, 5.74) is 4.11. The van der Waals surface area contributed by atoms with Gasteiger partial charge in [0.1, 0.15) is 18.0 Å². The highest BCUT2D eigenvalue weighted by atomic mass is 35.5. The summed E-state index contributed by atoms with van der Waals surface area (Å²) in [6, 6.07) is 7.26. The van der Waals surface area contributed by atoms with Crippen LogP contribution in [0, 0.1) is 13.8 Å². The number of nitrogens with zero attached hydrogens (tertiary/aromatic N) is 1. The molecule has 1 aliphatic heterocycles. The van der Waals surface area contributed by atoms with Crippen molar-refractivity contribution in [1.82, 2.24) is 4.98 Å². The number of benzene rings is 2. The van der Waals surface area contributed by atoms with Gasteiger partial charge in [-0.25, -0.2) is 0 Å². The van der Waals surface area contributed by atoms with E-state index in [0.29, 0.717) is 0 Å². The van der Waals surface area contributed by atoms with E-state index in [-0.39, 0.29) is 24.8 Å². The van der Waals surface area contributed by atoms with Crippen LogP contribution >= 0.6 is 0 Å². The Labute approximate surface area is 178 Å². The molecule has 8 heteroatoms. The first-order chi connectivity index (χ1) is 13.9. The maximum Gasteiger partial charge on any atom is 0.292 e. The van der Waals surface area contributed by atoms with Gasteiger partial charge in [0.05, 0.1) is 12.1 Å². The number of aromatic hydroxyl groups is 1. The molecule has 3 heterocycles. The fraction of sp³-hybridized carbons (Fsp3) is 0.318. The van der Waals surface area contributed by atoms with Crippen LogP contribution in [0.25, 0.3) is 32.6 Å². The molecule has 4 aromatic rings. The van der Waals surface area contributed by atoms with Gasteiger partial charge < -0.3 is 42.6 Å². The lowest BCUT2D eigenvalue weighted by Gasteiger charge is -2.12. The van der Waals surface area contributed by atoms with Crippen molar-refractivity contribution in [3.05, 3.63) is 47.8 Å². The van der Waals surface area contributed by atoms with Crippen LogP contribution in [0.2, 0.25) is 0 Å². The highest BCUT2D eigenvalue weighted by Gasteiger charge is 2.48. The minimum absolute atomic E-state index is 0. The number of aromatic amines is 1. The van der Waals surface area contributed by atoms with E-state index in [1.807, 2.05) is 31.5 Å². The monoisotopic (exact) mass is 430 g/mol.